The Morgan fingerprint density at radius 1 is 0.882 bits per heavy atom. The van der Waals surface area contributed by atoms with E-state index in [1.807, 2.05) is 0 Å². The van der Waals surface area contributed by atoms with Gasteiger partial charge < -0.3 is 5.11 Å². The second-order valence-electron chi connectivity index (χ2n) is 4.69. The third-order valence-electron chi connectivity index (χ3n) is 2.96. The second kappa shape index (κ2) is 14.7. The van der Waals surface area contributed by atoms with Gasteiger partial charge in [0.25, 0.3) is 0 Å². The summed E-state index contributed by atoms with van der Waals surface area (Å²) in [6, 6.07) is 0. The molecule has 1 N–H and O–H groups in total. The zero-order chi connectivity index (χ0) is 12.8. The molecule has 0 saturated heterocycles. The van der Waals surface area contributed by atoms with Crippen molar-refractivity contribution in [2.24, 2.45) is 0 Å². The second-order valence-corrected chi connectivity index (χ2v) is 6.34. The highest BCUT2D eigenvalue weighted by molar-refractivity contribution is 8.00. The molecule has 0 aliphatic heterocycles. The minimum Gasteiger partial charge on any atom is -0.382 e. The first-order valence-electron chi connectivity index (χ1n) is 7.21. The molecule has 0 rings (SSSR count). The summed E-state index contributed by atoms with van der Waals surface area (Å²) in [6.45, 7) is 2.27. The highest BCUT2D eigenvalue weighted by Crippen LogP contribution is 2.14. The lowest BCUT2D eigenvalue weighted by molar-refractivity contribution is 0.288. The molecule has 0 aromatic carbocycles. The van der Waals surface area contributed by atoms with Crippen molar-refractivity contribution >= 4 is 24.4 Å². The minimum atomic E-state index is -0.267. The molecule has 0 aromatic rings. The van der Waals surface area contributed by atoms with Gasteiger partial charge in [-0.05, 0) is 12.2 Å². The Bertz CT molecular complexity index is 142. The fourth-order valence-corrected chi connectivity index (χ4v) is 2.93. The number of unbranched alkanes of at least 4 members (excludes halogenated alkanes) is 9. The van der Waals surface area contributed by atoms with E-state index in [2.05, 4.69) is 19.6 Å². The van der Waals surface area contributed by atoms with Gasteiger partial charge in [0.1, 0.15) is 5.44 Å². The first-order chi connectivity index (χ1) is 8.31. The maximum atomic E-state index is 9.29. The number of thioether (sulfide) groups is 1. The summed E-state index contributed by atoms with van der Waals surface area (Å²) in [6.07, 6.45) is 13.8. The number of aliphatic hydroxyl groups excluding tert-OH is 1. The van der Waals surface area contributed by atoms with Crippen LogP contribution in [0.4, 0.5) is 0 Å². The highest BCUT2D eigenvalue weighted by atomic mass is 32.2. The van der Waals surface area contributed by atoms with Crippen molar-refractivity contribution in [3.05, 3.63) is 0 Å². The first kappa shape index (κ1) is 17.7. The van der Waals surface area contributed by atoms with Gasteiger partial charge in [-0.3, -0.25) is 0 Å². The number of thiol groups is 1. The molecular formula is C14H30OS2. The Kier molecular flexibility index (Phi) is 15.3. The molecule has 3 heteroatoms. The molecule has 1 nitrogen and oxygen atoms in total. The Labute approximate surface area is 118 Å². The molecule has 1 unspecified atom stereocenters. The molecule has 0 heterocycles. The summed E-state index contributed by atoms with van der Waals surface area (Å²) in [5.74, 6) is 1.65. The Hall–Kier alpha value is 0.660. The Morgan fingerprint density at radius 2 is 1.35 bits per heavy atom. The third-order valence-corrected chi connectivity index (χ3v) is 4.63. The highest BCUT2D eigenvalue weighted by Gasteiger charge is 2.00. The number of hydrogen-bond acceptors (Lipinski definition) is 3. The summed E-state index contributed by atoms with van der Waals surface area (Å²) in [7, 11) is 0. The lowest BCUT2D eigenvalue weighted by Crippen LogP contribution is -2.02. The fraction of sp³-hybridized carbons (Fsp3) is 1.00. The van der Waals surface area contributed by atoms with Gasteiger partial charge in [-0.25, -0.2) is 0 Å². The van der Waals surface area contributed by atoms with Crippen LogP contribution in [0.15, 0.2) is 0 Å². The van der Waals surface area contributed by atoms with E-state index >= 15 is 0 Å². The van der Waals surface area contributed by atoms with E-state index in [-0.39, 0.29) is 5.44 Å². The lowest BCUT2D eigenvalue weighted by Gasteiger charge is -2.06. The number of hydrogen-bond donors (Lipinski definition) is 2. The van der Waals surface area contributed by atoms with Crippen LogP contribution in [-0.2, 0) is 0 Å². The summed E-state index contributed by atoms with van der Waals surface area (Å²) >= 11 is 5.68. The van der Waals surface area contributed by atoms with Crippen molar-refractivity contribution < 1.29 is 5.11 Å². The van der Waals surface area contributed by atoms with Crippen LogP contribution >= 0.6 is 24.4 Å². The molecular weight excluding hydrogens is 248 g/mol. The largest absolute Gasteiger partial charge is 0.382 e. The molecule has 0 fully saturated rings. The molecule has 0 saturated carbocycles. The molecule has 0 aromatic heterocycles. The van der Waals surface area contributed by atoms with Gasteiger partial charge >= 0.3 is 0 Å². The Balaban J connectivity index is 2.94. The average Bonchev–Trinajstić information content (AvgIpc) is 2.35. The SMILES string of the molecule is CCCCCCCCCCCCSC(O)CS. The Morgan fingerprint density at radius 3 is 1.82 bits per heavy atom. The van der Waals surface area contributed by atoms with Crippen molar-refractivity contribution in [3.8, 4) is 0 Å². The molecule has 0 bridgehead atoms. The van der Waals surface area contributed by atoms with Crippen LogP contribution in [0.25, 0.3) is 0 Å². The molecule has 0 radical (unpaired) electrons. The topological polar surface area (TPSA) is 20.2 Å². The third kappa shape index (κ3) is 14.6. The normalized spacial score (nSPS) is 12.9. The molecule has 104 valence electrons. The van der Waals surface area contributed by atoms with Crippen LogP contribution in [0.3, 0.4) is 0 Å². The zero-order valence-corrected chi connectivity index (χ0v) is 13.1. The molecule has 0 aliphatic carbocycles. The van der Waals surface area contributed by atoms with E-state index in [9.17, 15) is 5.11 Å². The van der Waals surface area contributed by atoms with Crippen LogP contribution < -0.4 is 0 Å². The van der Waals surface area contributed by atoms with Crippen LogP contribution in [0.2, 0.25) is 0 Å². The molecule has 17 heavy (non-hydrogen) atoms. The van der Waals surface area contributed by atoms with Crippen LogP contribution in [0.5, 0.6) is 0 Å². The van der Waals surface area contributed by atoms with Crippen molar-refractivity contribution in [1.82, 2.24) is 0 Å². The van der Waals surface area contributed by atoms with Crippen LogP contribution in [0, 0.1) is 0 Å². The average molecular weight is 279 g/mol. The van der Waals surface area contributed by atoms with E-state index < -0.39 is 0 Å². The molecule has 0 aliphatic rings. The monoisotopic (exact) mass is 278 g/mol. The predicted molar refractivity (Wildman–Crippen MR) is 84.2 cm³/mol. The van der Waals surface area contributed by atoms with Crippen molar-refractivity contribution in [2.75, 3.05) is 11.5 Å². The maximum Gasteiger partial charge on any atom is 0.108 e. The zero-order valence-electron chi connectivity index (χ0n) is 11.4. The van der Waals surface area contributed by atoms with E-state index in [0.29, 0.717) is 5.75 Å². The van der Waals surface area contributed by atoms with E-state index in [0.717, 1.165) is 5.75 Å². The van der Waals surface area contributed by atoms with E-state index in [4.69, 9.17) is 0 Å². The van der Waals surface area contributed by atoms with Gasteiger partial charge in [0.2, 0.25) is 0 Å². The fourth-order valence-electron chi connectivity index (χ4n) is 1.86. The van der Waals surface area contributed by atoms with Gasteiger partial charge in [-0.1, -0.05) is 64.7 Å². The van der Waals surface area contributed by atoms with Crippen molar-refractivity contribution in [1.29, 1.82) is 0 Å². The number of rotatable bonds is 13. The van der Waals surface area contributed by atoms with Gasteiger partial charge in [-0.2, -0.15) is 12.6 Å². The summed E-state index contributed by atoms with van der Waals surface area (Å²) in [5.41, 5.74) is -0.267. The molecule has 0 spiro atoms. The van der Waals surface area contributed by atoms with Crippen molar-refractivity contribution in [3.63, 3.8) is 0 Å². The quantitative estimate of drug-likeness (QED) is 0.284. The van der Waals surface area contributed by atoms with Crippen molar-refractivity contribution in [2.45, 2.75) is 76.6 Å². The summed E-state index contributed by atoms with van der Waals surface area (Å²) in [5, 5.41) is 9.29. The van der Waals surface area contributed by atoms with E-state index in [1.54, 1.807) is 11.8 Å². The molecule has 1 atom stereocenters. The maximum absolute atomic E-state index is 9.29. The molecule has 0 amide bonds. The standard InChI is InChI=1S/C14H30OS2/c1-2-3-4-5-6-7-8-9-10-11-12-17-14(15)13-16/h14-16H,2-13H2,1H3. The lowest BCUT2D eigenvalue weighted by atomic mass is 10.1. The smallest absolute Gasteiger partial charge is 0.108 e. The minimum absolute atomic E-state index is 0.267. The summed E-state index contributed by atoms with van der Waals surface area (Å²) < 4.78 is 0. The first-order valence-corrected chi connectivity index (χ1v) is 8.90. The number of aliphatic hydroxyl groups is 1. The van der Waals surface area contributed by atoms with Crippen LogP contribution in [0.1, 0.15) is 71.1 Å². The van der Waals surface area contributed by atoms with Gasteiger partial charge in [0.05, 0.1) is 0 Å². The van der Waals surface area contributed by atoms with Gasteiger partial charge in [0.15, 0.2) is 0 Å². The predicted octanol–water partition coefficient (Wildman–Crippen LogP) is 4.89. The van der Waals surface area contributed by atoms with Gasteiger partial charge in [-0.15, -0.1) is 11.8 Å². The van der Waals surface area contributed by atoms with E-state index in [1.165, 1.54) is 64.2 Å². The van der Waals surface area contributed by atoms with Crippen LogP contribution in [-0.4, -0.2) is 22.0 Å². The summed E-state index contributed by atoms with van der Waals surface area (Å²) in [4.78, 5) is 0. The van der Waals surface area contributed by atoms with Gasteiger partial charge in [0, 0.05) is 5.75 Å².